The summed E-state index contributed by atoms with van der Waals surface area (Å²) < 4.78 is 5.47. The summed E-state index contributed by atoms with van der Waals surface area (Å²) in [6.45, 7) is 3.85. The van der Waals surface area contributed by atoms with Crippen molar-refractivity contribution in [1.82, 2.24) is 10.9 Å². The van der Waals surface area contributed by atoms with Gasteiger partial charge in [0, 0.05) is 6.42 Å². The highest BCUT2D eigenvalue weighted by Gasteiger charge is 2.40. The van der Waals surface area contributed by atoms with Crippen LogP contribution < -0.4 is 15.6 Å². The molecule has 0 spiro atoms. The van der Waals surface area contributed by atoms with Gasteiger partial charge in [-0.25, -0.2) is 0 Å². The van der Waals surface area contributed by atoms with E-state index in [1.54, 1.807) is 0 Å². The zero-order chi connectivity index (χ0) is 17.1. The van der Waals surface area contributed by atoms with Gasteiger partial charge in [-0.05, 0) is 74.1 Å². The lowest BCUT2D eigenvalue weighted by Crippen LogP contribution is -2.44. The maximum Gasteiger partial charge on any atom is 0.276 e. The topological polar surface area (TPSA) is 67.4 Å². The summed E-state index contributed by atoms with van der Waals surface area (Å²) >= 11 is 0. The number of carbonyl (C=O) groups excluding carboxylic acids is 2. The van der Waals surface area contributed by atoms with Crippen molar-refractivity contribution in [2.24, 2.45) is 17.8 Å². The third-order valence-corrected chi connectivity index (χ3v) is 5.24. The van der Waals surface area contributed by atoms with Gasteiger partial charge in [0.1, 0.15) is 5.75 Å². The normalized spacial score (nSPS) is 24.7. The lowest BCUT2D eigenvalue weighted by Gasteiger charge is -2.20. The number of carbonyl (C=O) groups is 2. The molecule has 5 heteroatoms. The lowest BCUT2D eigenvalue weighted by molar-refractivity contribution is -0.130. The minimum atomic E-state index is -0.351. The van der Waals surface area contributed by atoms with Crippen molar-refractivity contribution in [3.8, 4) is 5.75 Å². The van der Waals surface area contributed by atoms with Gasteiger partial charge in [-0.3, -0.25) is 20.4 Å². The summed E-state index contributed by atoms with van der Waals surface area (Å²) in [5, 5.41) is 0. The minimum absolute atomic E-state index is 0.104. The highest BCUT2D eigenvalue weighted by molar-refractivity contribution is 5.82. The fraction of sp³-hybridized carbons (Fsp3) is 0.579. The average Bonchev–Trinajstić information content (AvgIpc) is 3.12. The van der Waals surface area contributed by atoms with Gasteiger partial charge in [0.2, 0.25) is 5.91 Å². The summed E-state index contributed by atoms with van der Waals surface area (Å²) in [5.74, 6) is 2.24. The second kappa shape index (κ2) is 7.24. The number of fused-ring (bicyclic) bond motifs is 2. The van der Waals surface area contributed by atoms with E-state index >= 15 is 0 Å². The molecule has 1 aromatic rings. The van der Waals surface area contributed by atoms with E-state index in [-0.39, 0.29) is 18.4 Å². The first-order valence-electron chi connectivity index (χ1n) is 8.78. The average molecular weight is 330 g/mol. The van der Waals surface area contributed by atoms with Crippen molar-refractivity contribution in [2.45, 2.75) is 46.0 Å². The summed E-state index contributed by atoms with van der Waals surface area (Å²) in [7, 11) is 0. The summed E-state index contributed by atoms with van der Waals surface area (Å²) in [6.07, 6.45) is 5.56. The highest BCUT2D eigenvalue weighted by atomic mass is 16.5. The van der Waals surface area contributed by atoms with Crippen molar-refractivity contribution in [2.75, 3.05) is 6.61 Å². The van der Waals surface area contributed by atoms with E-state index in [1.807, 2.05) is 32.0 Å². The summed E-state index contributed by atoms with van der Waals surface area (Å²) in [4.78, 5) is 23.8. The molecular weight excluding hydrogens is 304 g/mol. The molecule has 3 atom stereocenters. The largest absolute Gasteiger partial charge is 0.484 e. The van der Waals surface area contributed by atoms with Gasteiger partial charge >= 0.3 is 0 Å². The van der Waals surface area contributed by atoms with Gasteiger partial charge in [0.15, 0.2) is 6.61 Å². The highest BCUT2D eigenvalue weighted by Crippen LogP contribution is 2.49. The first-order valence-corrected chi connectivity index (χ1v) is 8.78. The van der Waals surface area contributed by atoms with E-state index in [0.29, 0.717) is 24.0 Å². The number of hydrogen-bond donors (Lipinski definition) is 2. The second-order valence-electron chi connectivity index (χ2n) is 7.35. The van der Waals surface area contributed by atoms with Gasteiger partial charge in [0.05, 0.1) is 0 Å². The van der Waals surface area contributed by atoms with Crippen LogP contribution in [0.25, 0.3) is 0 Å². The minimum Gasteiger partial charge on any atom is -0.484 e. The number of hydrazine groups is 1. The van der Waals surface area contributed by atoms with Gasteiger partial charge in [-0.1, -0.05) is 12.5 Å². The number of hydrogen-bond acceptors (Lipinski definition) is 3. The van der Waals surface area contributed by atoms with Crippen LogP contribution in [0.4, 0.5) is 0 Å². The quantitative estimate of drug-likeness (QED) is 0.816. The Morgan fingerprint density at radius 1 is 1.04 bits per heavy atom. The van der Waals surface area contributed by atoms with Gasteiger partial charge in [-0.2, -0.15) is 0 Å². The number of benzene rings is 1. The molecule has 24 heavy (non-hydrogen) atoms. The Morgan fingerprint density at radius 2 is 1.75 bits per heavy atom. The molecular formula is C19H26N2O3. The molecule has 2 saturated carbocycles. The van der Waals surface area contributed by atoms with Crippen LogP contribution >= 0.6 is 0 Å². The fourth-order valence-electron chi connectivity index (χ4n) is 4.26. The van der Waals surface area contributed by atoms with E-state index < -0.39 is 0 Å². The number of rotatable bonds is 5. The number of aryl methyl sites for hydroxylation is 2. The SMILES string of the molecule is Cc1cc(C)cc(OCC(=O)NNC(=O)C[C@H]2C[C@H]3CC[C@@H]2C3)c1. The van der Waals surface area contributed by atoms with Crippen molar-refractivity contribution in [3.05, 3.63) is 29.3 Å². The van der Waals surface area contributed by atoms with Crippen molar-refractivity contribution >= 4 is 11.8 Å². The van der Waals surface area contributed by atoms with E-state index in [2.05, 4.69) is 10.9 Å². The molecule has 2 bridgehead atoms. The zero-order valence-corrected chi connectivity index (χ0v) is 14.4. The molecule has 130 valence electrons. The molecule has 0 unspecified atom stereocenters. The predicted octanol–water partition coefficient (Wildman–Crippen LogP) is 2.66. The Kier molecular flexibility index (Phi) is 5.07. The Bertz CT molecular complexity index is 609. The third-order valence-electron chi connectivity index (χ3n) is 5.24. The van der Waals surface area contributed by atoms with Gasteiger partial charge < -0.3 is 4.74 Å². The zero-order valence-electron chi connectivity index (χ0n) is 14.4. The molecule has 2 aliphatic carbocycles. The van der Waals surface area contributed by atoms with Crippen molar-refractivity contribution < 1.29 is 14.3 Å². The second-order valence-corrected chi connectivity index (χ2v) is 7.35. The van der Waals surface area contributed by atoms with Crippen LogP contribution in [0.1, 0.15) is 43.2 Å². The van der Waals surface area contributed by atoms with Crippen molar-refractivity contribution in [3.63, 3.8) is 0 Å². The standard InChI is InChI=1S/C19H26N2O3/c1-12-5-13(2)7-17(6-12)24-11-19(23)21-20-18(22)10-16-9-14-3-4-15(16)8-14/h5-7,14-16H,3-4,8-11H2,1-2H3,(H,20,22)(H,21,23)/t14-,15+,16+/m0/s1. The smallest absolute Gasteiger partial charge is 0.276 e. The third kappa shape index (κ3) is 4.28. The molecule has 0 heterocycles. The Labute approximate surface area is 143 Å². The van der Waals surface area contributed by atoms with Crippen LogP contribution in [-0.2, 0) is 9.59 Å². The monoisotopic (exact) mass is 330 g/mol. The predicted molar refractivity (Wildman–Crippen MR) is 91.3 cm³/mol. The van der Waals surface area contributed by atoms with Crippen LogP contribution in [0.3, 0.4) is 0 Å². The van der Waals surface area contributed by atoms with E-state index in [4.69, 9.17) is 4.74 Å². The molecule has 5 nitrogen and oxygen atoms in total. The number of nitrogens with one attached hydrogen (secondary N) is 2. The molecule has 2 aliphatic rings. The Hall–Kier alpha value is -2.04. The molecule has 0 aromatic heterocycles. The molecule has 0 radical (unpaired) electrons. The molecule has 3 rings (SSSR count). The van der Waals surface area contributed by atoms with Crippen molar-refractivity contribution in [1.29, 1.82) is 0 Å². The van der Waals surface area contributed by atoms with E-state index in [9.17, 15) is 9.59 Å². The first-order chi connectivity index (χ1) is 11.5. The molecule has 0 aliphatic heterocycles. The molecule has 1 aromatic carbocycles. The van der Waals surface area contributed by atoms with E-state index in [0.717, 1.165) is 17.0 Å². The number of ether oxygens (including phenoxy) is 1. The summed E-state index contributed by atoms with van der Waals surface area (Å²) in [6, 6.07) is 5.81. The van der Waals surface area contributed by atoms with E-state index in [1.165, 1.54) is 25.7 Å². The fourth-order valence-corrected chi connectivity index (χ4v) is 4.26. The summed E-state index contributed by atoms with van der Waals surface area (Å²) in [5.41, 5.74) is 7.12. The van der Waals surface area contributed by atoms with Gasteiger partial charge in [-0.15, -0.1) is 0 Å². The lowest BCUT2D eigenvalue weighted by atomic mass is 9.86. The molecule has 2 fully saturated rings. The molecule has 2 N–H and O–H groups in total. The molecule has 2 amide bonds. The Balaban J connectivity index is 1.36. The van der Waals surface area contributed by atoms with Crippen LogP contribution in [0, 0.1) is 31.6 Å². The van der Waals surface area contributed by atoms with Crippen LogP contribution in [-0.4, -0.2) is 18.4 Å². The van der Waals surface area contributed by atoms with Gasteiger partial charge in [0.25, 0.3) is 5.91 Å². The molecule has 0 saturated heterocycles. The maximum absolute atomic E-state index is 12.0. The van der Waals surface area contributed by atoms with Crippen LogP contribution in [0.15, 0.2) is 18.2 Å². The van der Waals surface area contributed by atoms with Crippen LogP contribution in [0.2, 0.25) is 0 Å². The van der Waals surface area contributed by atoms with Crippen LogP contribution in [0.5, 0.6) is 5.75 Å². The Morgan fingerprint density at radius 3 is 2.38 bits per heavy atom. The first kappa shape index (κ1) is 16.8. The number of amides is 2. The maximum atomic E-state index is 12.0.